The number of rotatable bonds is 9. The number of benzene rings is 2. The standard InChI is InChI=1S/C22H21FN2O5S2/c1-32(28,29)24-14-13-18-11-12-19(31-18)22(27)30-20(15-5-3-2-4-6-15)21(26)25-17-9-7-16(23)8-10-17/h2-12,20,24H,13-14H2,1H3,(H,25,26). The molecule has 1 aromatic heterocycles. The molecule has 0 fully saturated rings. The van der Waals surface area contributed by atoms with E-state index in [4.69, 9.17) is 4.74 Å². The van der Waals surface area contributed by atoms with Gasteiger partial charge >= 0.3 is 5.97 Å². The summed E-state index contributed by atoms with van der Waals surface area (Å²) in [6.45, 7) is 0.209. The number of sulfonamides is 1. The van der Waals surface area contributed by atoms with Crippen LogP contribution in [-0.4, -0.2) is 33.1 Å². The molecule has 3 rings (SSSR count). The highest BCUT2D eigenvalue weighted by Crippen LogP contribution is 2.24. The van der Waals surface area contributed by atoms with Crippen molar-refractivity contribution in [2.45, 2.75) is 12.5 Å². The predicted octanol–water partition coefficient (Wildman–Crippen LogP) is 3.52. The van der Waals surface area contributed by atoms with Crippen molar-refractivity contribution in [2.24, 2.45) is 0 Å². The van der Waals surface area contributed by atoms with Crippen molar-refractivity contribution in [3.8, 4) is 0 Å². The number of hydrogen-bond acceptors (Lipinski definition) is 6. The highest BCUT2D eigenvalue weighted by Gasteiger charge is 2.26. The van der Waals surface area contributed by atoms with Gasteiger partial charge in [0.15, 0.2) is 0 Å². The zero-order valence-electron chi connectivity index (χ0n) is 17.1. The summed E-state index contributed by atoms with van der Waals surface area (Å²) >= 11 is 1.16. The van der Waals surface area contributed by atoms with Gasteiger partial charge < -0.3 is 10.1 Å². The first-order valence-electron chi connectivity index (χ1n) is 9.57. The van der Waals surface area contributed by atoms with Crippen molar-refractivity contribution >= 4 is 38.9 Å². The van der Waals surface area contributed by atoms with Gasteiger partial charge in [-0.15, -0.1) is 11.3 Å². The summed E-state index contributed by atoms with van der Waals surface area (Å²) < 4.78 is 43.4. The lowest BCUT2D eigenvalue weighted by molar-refractivity contribution is -0.125. The Morgan fingerprint density at radius 2 is 1.72 bits per heavy atom. The minimum Gasteiger partial charge on any atom is -0.443 e. The van der Waals surface area contributed by atoms with Crippen LogP contribution in [0.3, 0.4) is 0 Å². The SMILES string of the molecule is CS(=O)(=O)NCCc1ccc(C(=O)OC(C(=O)Nc2ccc(F)cc2)c2ccccc2)s1. The molecule has 3 aromatic rings. The van der Waals surface area contributed by atoms with Gasteiger partial charge in [0.2, 0.25) is 16.1 Å². The van der Waals surface area contributed by atoms with Crippen LogP contribution < -0.4 is 10.0 Å². The zero-order valence-corrected chi connectivity index (χ0v) is 18.7. The van der Waals surface area contributed by atoms with E-state index in [1.165, 1.54) is 24.3 Å². The average Bonchev–Trinajstić information content (AvgIpc) is 3.22. The number of thiophene rings is 1. The summed E-state index contributed by atoms with van der Waals surface area (Å²) in [4.78, 5) is 26.7. The first kappa shape index (κ1) is 23.6. The van der Waals surface area contributed by atoms with Crippen LogP contribution in [0.15, 0.2) is 66.7 Å². The smallest absolute Gasteiger partial charge is 0.349 e. The lowest BCUT2D eigenvalue weighted by atomic mass is 10.1. The molecule has 32 heavy (non-hydrogen) atoms. The van der Waals surface area contributed by atoms with Crippen LogP contribution in [-0.2, 0) is 26.0 Å². The molecule has 2 aromatic carbocycles. The number of halogens is 1. The van der Waals surface area contributed by atoms with Gasteiger partial charge in [0, 0.05) is 22.7 Å². The van der Waals surface area contributed by atoms with Gasteiger partial charge in [-0.25, -0.2) is 22.3 Å². The fourth-order valence-electron chi connectivity index (χ4n) is 2.79. The third kappa shape index (κ3) is 6.98. The Kier molecular flexibility index (Phi) is 7.73. The third-order valence-electron chi connectivity index (χ3n) is 4.28. The van der Waals surface area contributed by atoms with Crippen LogP contribution in [0.4, 0.5) is 10.1 Å². The minimum absolute atomic E-state index is 0.209. The number of amides is 1. The van der Waals surface area contributed by atoms with Gasteiger partial charge in [0.05, 0.1) is 6.26 Å². The van der Waals surface area contributed by atoms with Crippen LogP contribution in [0.1, 0.15) is 26.2 Å². The quantitative estimate of drug-likeness (QED) is 0.460. The first-order chi connectivity index (χ1) is 15.2. The van der Waals surface area contributed by atoms with E-state index in [1.54, 1.807) is 42.5 Å². The summed E-state index contributed by atoms with van der Waals surface area (Å²) in [5, 5.41) is 2.63. The number of anilines is 1. The molecule has 10 heteroatoms. The molecule has 0 bridgehead atoms. The molecular formula is C22H21FN2O5S2. The predicted molar refractivity (Wildman–Crippen MR) is 120 cm³/mol. The molecule has 7 nitrogen and oxygen atoms in total. The van der Waals surface area contributed by atoms with Gasteiger partial charge in [-0.2, -0.15) is 0 Å². The van der Waals surface area contributed by atoms with E-state index >= 15 is 0 Å². The number of esters is 1. The second-order valence-corrected chi connectivity index (χ2v) is 9.88. The van der Waals surface area contributed by atoms with Crippen LogP contribution in [0.2, 0.25) is 0 Å². The second-order valence-electron chi connectivity index (χ2n) is 6.87. The fourth-order valence-corrected chi connectivity index (χ4v) is 4.15. The Bertz CT molecular complexity index is 1180. The molecule has 0 aliphatic carbocycles. The number of nitrogens with one attached hydrogen (secondary N) is 2. The molecule has 0 saturated carbocycles. The average molecular weight is 477 g/mol. The van der Waals surface area contributed by atoms with E-state index in [2.05, 4.69) is 10.0 Å². The molecular weight excluding hydrogens is 455 g/mol. The highest BCUT2D eigenvalue weighted by molar-refractivity contribution is 7.88. The van der Waals surface area contributed by atoms with Gasteiger partial charge in [0.1, 0.15) is 10.7 Å². The molecule has 0 spiro atoms. The Labute approximate surface area is 189 Å². The fraction of sp³-hybridized carbons (Fsp3) is 0.182. The van der Waals surface area contributed by atoms with Crippen molar-refractivity contribution in [1.29, 1.82) is 0 Å². The van der Waals surface area contributed by atoms with Crippen molar-refractivity contribution in [2.75, 3.05) is 18.1 Å². The van der Waals surface area contributed by atoms with Gasteiger partial charge in [-0.1, -0.05) is 30.3 Å². The Balaban J connectivity index is 1.71. The van der Waals surface area contributed by atoms with Crippen molar-refractivity contribution in [3.05, 3.63) is 87.9 Å². The normalized spacial score (nSPS) is 12.2. The maximum Gasteiger partial charge on any atom is 0.349 e. The van der Waals surface area contributed by atoms with Gasteiger partial charge in [-0.3, -0.25) is 4.79 Å². The maximum atomic E-state index is 13.1. The Hall–Kier alpha value is -3.08. The van der Waals surface area contributed by atoms with E-state index in [1.807, 2.05) is 0 Å². The highest BCUT2D eigenvalue weighted by atomic mass is 32.2. The van der Waals surface area contributed by atoms with Crippen LogP contribution in [0, 0.1) is 5.82 Å². The van der Waals surface area contributed by atoms with Gasteiger partial charge in [-0.05, 0) is 42.8 Å². The van der Waals surface area contributed by atoms with E-state index in [-0.39, 0.29) is 11.4 Å². The second kappa shape index (κ2) is 10.5. The number of carbonyl (C=O) groups excluding carboxylic acids is 2. The molecule has 2 N–H and O–H groups in total. The molecule has 1 unspecified atom stereocenters. The van der Waals surface area contributed by atoms with E-state index in [0.29, 0.717) is 17.7 Å². The molecule has 1 atom stereocenters. The minimum atomic E-state index is -3.29. The first-order valence-corrected chi connectivity index (χ1v) is 12.3. The Morgan fingerprint density at radius 1 is 1.03 bits per heavy atom. The lowest BCUT2D eigenvalue weighted by Crippen LogP contribution is -2.25. The summed E-state index contributed by atoms with van der Waals surface area (Å²) in [6, 6.07) is 17.1. The van der Waals surface area contributed by atoms with Crippen molar-refractivity contribution < 1.29 is 27.1 Å². The van der Waals surface area contributed by atoms with Crippen LogP contribution in [0.25, 0.3) is 0 Å². The monoisotopic (exact) mass is 476 g/mol. The third-order valence-corrected chi connectivity index (χ3v) is 6.13. The number of hydrogen-bond donors (Lipinski definition) is 2. The number of ether oxygens (including phenoxy) is 1. The zero-order chi connectivity index (χ0) is 23.1. The molecule has 0 aliphatic rings. The van der Waals surface area contributed by atoms with E-state index in [9.17, 15) is 22.4 Å². The summed E-state index contributed by atoms with van der Waals surface area (Å²) in [6.07, 6.45) is 0.273. The molecule has 0 aliphatic heterocycles. The molecule has 1 amide bonds. The summed E-state index contributed by atoms with van der Waals surface area (Å²) in [5.41, 5.74) is 0.847. The number of carbonyl (C=O) groups is 2. The van der Waals surface area contributed by atoms with E-state index < -0.39 is 33.8 Å². The van der Waals surface area contributed by atoms with Gasteiger partial charge in [0.25, 0.3) is 5.91 Å². The Morgan fingerprint density at radius 3 is 2.38 bits per heavy atom. The molecule has 0 radical (unpaired) electrons. The van der Waals surface area contributed by atoms with Crippen LogP contribution >= 0.6 is 11.3 Å². The summed E-state index contributed by atoms with van der Waals surface area (Å²) in [7, 11) is -3.29. The van der Waals surface area contributed by atoms with E-state index in [0.717, 1.165) is 22.5 Å². The molecule has 1 heterocycles. The molecule has 0 saturated heterocycles. The largest absolute Gasteiger partial charge is 0.443 e. The maximum absolute atomic E-state index is 13.1. The molecule has 168 valence electrons. The lowest BCUT2D eigenvalue weighted by Gasteiger charge is -2.17. The summed E-state index contributed by atoms with van der Waals surface area (Å²) in [5.74, 6) is -1.69. The topological polar surface area (TPSA) is 102 Å². The van der Waals surface area contributed by atoms with Crippen LogP contribution in [0.5, 0.6) is 0 Å². The van der Waals surface area contributed by atoms with Crippen molar-refractivity contribution in [1.82, 2.24) is 4.72 Å². The van der Waals surface area contributed by atoms with Crippen molar-refractivity contribution in [3.63, 3.8) is 0 Å².